The van der Waals surface area contributed by atoms with Crippen molar-refractivity contribution in [2.45, 2.75) is 44.6 Å². The molecule has 0 spiro atoms. The summed E-state index contributed by atoms with van der Waals surface area (Å²) in [5, 5.41) is 3.27. The SMILES string of the molecule is C[C@H]1C[C@@H](COP(=O)(O)OP(=O)(O)O)O[C@H]1n1cnc2c(NC3CC3)nc(N)nc21. The van der Waals surface area contributed by atoms with Gasteiger partial charge in [-0.3, -0.25) is 9.09 Å². The number of ether oxygens (including phenoxy) is 1. The molecule has 1 aliphatic carbocycles. The van der Waals surface area contributed by atoms with Crippen LogP contribution < -0.4 is 11.1 Å². The van der Waals surface area contributed by atoms with E-state index in [0.717, 1.165) is 12.8 Å². The molecule has 0 radical (unpaired) electrons. The Kier molecular flexibility index (Phi) is 5.62. The highest BCUT2D eigenvalue weighted by Crippen LogP contribution is 2.57. The van der Waals surface area contributed by atoms with Crippen LogP contribution in [0.15, 0.2) is 6.33 Å². The van der Waals surface area contributed by atoms with Gasteiger partial charge in [-0.05, 0) is 19.3 Å². The van der Waals surface area contributed by atoms with E-state index in [1.54, 1.807) is 10.9 Å². The van der Waals surface area contributed by atoms with E-state index in [9.17, 15) is 14.0 Å². The summed E-state index contributed by atoms with van der Waals surface area (Å²) in [6.07, 6.45) is 3.00. The first kappa shape index (κ1) is 21.6. The van der Waals surface area contributed by atoms with Crippen molar-refractivity contribution in [2.75, 3.05) is 17.7 Å². The van der Waals surface area contributed by atoms with E-state index in [-0.39, 0.29) is 11.9 Å². The quantitative estimate of drug-likeness (QED) is 0.348. The fraction of sp³-hybridized carbons (Fsp3) is 0.643. The number of anilines is 2. The second kappa shape index (κ2) is 7.81. The van der Waals surface area contributed by atoms with Crippen molar-refractivity contribution in [3.05, 3.63) is 6.33 Å². The molecule has 1 saturated heterocycles. The van der Waals surface area contributed by atoms with Crippen LogP contribution in [0.5, 0.6) is 0 Å². The molecular formula is C14H22N6O8P2. The Morgan fingerprint density at radius 1 is 1.33 bits per heavy atom. The zero-order chi connectivity index (χ0) is 21.7. The van der Waals surface area contributed by atoms with Crippen LogP contribution >= 0.6 is 15.6 Å². The van der Waals surface area contributed by atoms with Gasteiger partial charge in [0, 0.05) is 12.0 Å². The topological polar surface area (TPSA) is 204 Å². The molecule has 166 valence electrons. The van der Waals surface area contributed by atoms with Crippen LogP contribution in [-0.2, 0) is 22.7 Å². The Morgan fingerprint density at radius 3 is 2.73 bits per heavy atom. The van der Waals surface area contributed by atoms with Crippen LogP contribution in [0.4, 0.5) is 11.8 Å². The number of imidazole rings is 1. The molecule has 0 bridgehead atoms. The van der Waals surface area contributed by atoms with Crippen LogP contribution in [0.25, 0.3) is 11.2 Å². The van der Waals surface area contributed by atoms with E-state index in [1.807, 2.05) is 6.92 Å². The fourth-order valence-electron chi connectivity index (χ4n) is 3.34. The van der Waals surface area contributed by atoms with Gasteiger partial charge in [-0.15, -0.1) is 0 Å². The monoisotopic (exact) mass is 464 g/mol. The molecule has 1 saturated carbocycles. The molecule has 3 heterocycles. The minimum absolute atomic E-state index is 0.0483. The fourth-order valence-corrected chi connectivity index (χ4v) is 4.96. The number of nitrogen functional groups attached to an aromatic ring is 1. The van der Waals surface area contributed by atoms with Gasteiger partial charge in [0.1, 0.15) is 6.23 Å². The molecule has 14 nitrogen and oxygen atoms in total. The van der Waals surface area contributed by atoms with Gasteiger partial charge in [0.2, 0.25) is 5.95 Å². The molecule has 2 aromatic rings. The van der Waals surface area contributed by atoms with Crippen molar-refractivity contribution in [1.82, 2.24) is 19.5 Å². The Hall–Kier alpha value is -1.63. The van der Waals surface area contributed by atoms with Crippen LogP contribution in [0.2, 0.25) is 0 Å². The van der Waals surface area contributed by atoms with Gasteiger partial charge in [0.25, 0.3) is 0 Å². The van der Waals surface area contributed by atoms with E-state index in [1.165, 1.54) is 0 Å². The van der Waals surface area contributed by atoms with Crippen molar-refractivity contribution in [1.29, 1.82) is 0 Å². The summed E-state index contributed by atoms with van der Waals surface area (Å²) < 4.78 is 38.5. The minimum atomic E-state index is -5.18. The standard InChI is InChI=1S/C14H22N6O8P2/c1-7-4-9(5-26-30(24,25)28-29(21,22)23)27-13(7)20-6-16-10-11(17-8-2-3-8)18-14(15)19-12(10)20/h6-9,13H,2-5H2,1H3,(H,24,25)(H2,21,22,23)(H3,15,17,18,19)/t7-,9-,13+/m0/s1. The number of phosphoric acid groups is 2. The zero-order valence-electron chi connectivity index (χ0n) is 15.9. The molecule has 2 fully saturated rings. The Bertz CT molecular complexity index is 1040. The summed E-state index contributed by atoms with van der Waals surface area (Å²) in [5.41, 5.74) is 6.90. The van der Waals surface area contributed by atoms with Crippen molar-refractivity contribution >= 4 is 38.6 Å². The average molecular weight is 464 g/mol. The molecule has 0 aromatic carbocycles. The summed E-state index contributed by atoms with van der Waals surface area (Å²) in [6.45, 7) is 1.52. The molecule has 4 rings (SSSR count). The van der Waals surface area contributed by atoms with Crippen LogP contribution in [0.1, 0.15) is 32.4 Å². The predicted octanol–water partition coefficient (Wildman–Crippen LogP) is 1.13. The maximum atomic E-state index is 11.6. The van der Waals surface area contributed by atoms with Crippen molar-refractivity contribution in [2.24, 2.45) is 5.92 Å². The van der Waals surface area contributed by atoms with Gasteiger partial charge in [-0.2, -0.15) is 14.3 Å². The molecular weight excluding hydrogens is 442 g/mol. The van der Waals surface area contributed by atoms with Crippen LogP contribution in [0, 0.1) is 5.92 Å². The third-order valence-electron chi connectivity index (χ3n) is 4.72. The zero-order valence-corrected chi connectivity index (χ0v) is 17.6. The number of phosphoric ester groups is 1. The lowest BCUT2D eigenvalue weighted by Gasteiger charge is -2.18. The molecule has 1 aliphatic heterocycles. The van der Waals surface area contributed by atoms with Gasteiger partial charge >= 0.3 is 15.6 Å². The molecule has 6 N–H and O–H groups in total. The average Bonchev–Trinajstić information content (AvgIpc) is 3.19. The lowest BCUT2D eigenvalue weighted by atomic mass is 10.1. The summed E-state index contributed by atoms with van der Waals surface area (Å²) >= 11 is 0. The lowest BCUT2D eigenvalue weighted by Crippen LogP contribution is -2.17. The maximum Gasteiger partial charge on any atom is 0.481 e. The number of nitrogens with one attached hydrogen (secondary N) is 1. The molecule has 0 amide bonds. The molecule has 2 aliphatic rings. The van der Waals surface area contributed by atoms with Crippen LogP contribution in [-0.4, -0.2) is 53.0 Å². The van der Waals surface area contributed by atoms with Crippen molar-refractivity contribution in [3.63, 3.8) is 0 Å². The summed E-state index contributed by atoms with van der Waals surface area (Å²) in [7, 11) is -10.1. The third kappa shape index (κ3) is 4.98. The lowest BCUT2D eigenvalue weighted by molar-refractivity contribution is -0.0290. The first-order chi connectivity index (χ1) is 14.0. The molecule has 4 atom stereocenters. The number of nitrogens with two attached hydrogens (primary N) is 1. The maximum absolute atomic E-state index is 11.6. The largest absolute Gasteiger partial charge is 0.481 e. The van der Waals surface area contributed by atoms with Gasteiger partial charge in [-0.25, -0.2) is 14.1 Å². The minimum Gasteiger partial charge on any atom is -0.368 e. The van der Waals surface area contributed by atoms with E-state index in [2.05, 4.69) is 29.1 Å². The second-order valence-electron chi connectivity index (χ2n) is 7.37. The number of nitrogens with zero attached hydrogens (tertiary/aromatic N) is 4. The number of aromatic nitrogens is 4. The Labute approximate surface area is 170 Å². The number of hydrogen-bond acceptors (Lipinski definition) is 10. The summed E-state index contributed by atoms with van der Waals surface area (Å²) in [6, 6.07) is 0.348. The van der Waals surface area contributed by atoms with Crippen LogP contribution in [0.3, 0.4) is 0 Å². The first-order valence-electron chi connectivity index (χ1n) is 9.17. The molecule has 2 aromatic heterocycles. The number of fused-ring (bicyclic) bond motifs is 1. The molecule has 1 unspecified atom stereocenters. The Morgan fingerprint density at radius 2 is 2.07 bits per heavy atom. The van der Waals surface area contributed by atoms with E-state index in [0.29, 0.717) is 29.4 Å². The van der Waals surface area contributed by atoms with Crippen molar-refractivity contribution in [3.8, 4) is 0 Å². The molecule has 30 heavy (non-hydrogen) atoms. The summed E-state index contributed by atoms with van der Waals surface area (Å²) in [5.74, 6) is 0.599. The number of rotatable bonds is 8. The van der Waals surface area contributed by atoms with Gasteiger partial charge in [-0.1, -0.05) is 6.92 Å². The highest BCUT2D eigenvalue weighted by molar-refractivity contribution is 7.60. The predicted molar refractivity (Wildman–Crippen MR) is 103 cm³/mol. The van der Waals surface area contributed by atoms with Gasteiger partial charge in [0.05, 0.1) is 19.0 Å². The van der Waals surface area contributed by atoms with E-state index >= 15 is 0 Å². The normalized spacial score (nSPS) is 26.7. The van der Waals surface area contributed by atoms with E-state index in [4.69, 9.17) is 20.3 Å². The smallest absolute Gasteiger partial charge is 0.368 e. The second-order valence-corrected chi connectivity index (χ2v) is 10.2. The number of hydrogen-bond donors (Lipinski definition) is 5. The van der Waals surface area contributed by atoms with E-state index < -0.39 is 34.6 Å². The van der Waals surface area contributed by atoms with Gasteiger partial charge in [0.15, 0.2) is 17.0 Å². The summed E-state index contributed by atoms with van der Waals surface area (Å²) in [4.78, 5) is 39.6. The third-order valence-corrected chi connectivity index (χ3v) is 6.87. The Balaban J connectivity index is 1.48. The highest BCUT2D eigenvalue weighted by atomic mass is 31.3. The highest BCUT2D eigenvalue weighted by Gasteiger charge is 2.38. The van der Waals surface area contributed by atoms with Crippen molar-refractivity contribution < 1.29 is 37.4 Å². The first-order valence-corrected chi connectivity index (χ1v) is 12.2. The molecule has 16 heteroatoms. The van der Waals surface area contributed by atoms with Gasteiger partial charge < -0.3 is 30.5 Å².